The highest BCUT2D eigenvalue weighted by Gasteiger charge is 2.09. The van der Waals surface area contributed by atoms with E-state index in [-0.39, 0.29) is 18.0 Å². The van der Waals surface area contributed by atoms with Gasteiger partial charge in [-0.3, -0.25) is 4.79 Å². The molecule has 0 bridgehead atoms. The Bertz CT molecular complexity index is 949. The van der Waals surface area contributed by atoms with Gasteiger partial charge < -0.3 is 10.6 Å². The number of carbonyl (C=O) groups excluding carboxylic acids is 1. The van der Waals surface area contributed by atoms with Crippen molar-refractivity contribution >= 4 is 28.3 Å². The van der Waals surface area contributed by atoms with Crippen LogP contribution in [0.5, 0.6) is 0 Å². The number of halogens is 1. The van der Waals surface area contributed by atoms with Crippen molar-refractivity contribution in [3.63, 3.8) is 0 Å². The maximum absolute atomic E-state index is 13.7. The molecule has 24 heavy (non-hydrogen) atoms. The number of hydrogen-bond donors (Lipinski definition) is 2. The Kier molecular flexibility index (Phi) is 4.34. The molecule has 1 amide bonds. The molecule has 5 nitrogen and oxygen atoms in total. The summed E-state index contributed by atoms with van der Waals surface area (Å²) in [6.45, 7) is -0.0249. The van der Waals surface area contributed by atoms with Crippen LogP contribution in [0.2, 0.25) is 0 Å². The maximum atomic E-state index is 13.7. The summed E-state index contributed by atoms with van der Waals surface area (Å²) >= 11 is 0. The Labute approximate surface area is 137 Å². The molecule has 0 aliphatic carbocycles. The number of nitrogens with one attached hydrogen (secondary N) is 2. The van der Waals surface area contributed by atoms with Crippen LogP contribution in [-0.4, -0.2) is 22.4 Å². The monoisotopic (exact) mass is 320 g/mol. The van der Waals surface area contributed by atoms with E-state index in [1.54, 1.807) is 36.4 Å². The highest BCUT2D eigenvalue weighted by atomic mass is 19.1. The average Bonchev–Trinajstić information content (AvgIpc) is 2.60. The highest BCUT2D eigenvalue weighted by molar-refractivity contribution is 5.96. The normalized spacial score (nSPS) is 10.2. The Morgan fingerprint density at radius 1 is 1.21 bits per heavy atom. The predicted molar refractivity (Wildman–Crippen MR) is 91.0 cm³/mol. The maximum Gasteiger partial charge on any atom is 0.243 e. The quantitative estimate of drug-likeness (QED) is 0.726. The molecule has 0 saturated carbocycles. The minimum Gasteiger partial charge on any atom is -0.360 e. The standard InChI is InChI=1S/C18H13FN4O/c1-2-12-5-3-6-13(9-12)23-16(24)10-20-18-14-7-4-8-15(19)17(14)21-11-22-18/h1,3-9,11H,10H2,(H,23,24)(H,20,21,22). The number of fused-ring (bicyclic) bond motifs is 1. The molecule has 1 heterocycles. The van der Waals surface area contributed by atoms with Crippen molar-refractivity contribution < 1.29 is 9.18 Å². The third-order valence-electron chi connectivity index (χ3n) is 3.34. The fraction of sp³-hybridized carbons (Fsp3) is 0.0556. The van der Waals surface area contributed by atoms with Gasteiger partial charge in [-0.15, -0.1) is 6.42 Å². The van der Waals surface area contributed by atoms with Crippen molar-refractivity contribution in [2.75, 3.05) is 17.2 Å². The van der Waals surface area contributed by atoms with Gasteiger partial charge in [-0.25, -0.2) is 14.4 Å². The van der Waals surface area contributed by atoms with Crippen molar-refractivity contribution in [1.29, 1.82) is 0 Å². The van der Waals surface area contributed by atoms with Gasteiger partial charge in [0, 0.05) is 16.6 Å². The Balaban J connectivity index is 1.71. The fourth-order valence-electron chi connectivity index (χ4n) is 2.25. The molecule has 0 spiro atoms. The van der Waals surface area contributed by atoms with Crippen LogP contribution in [0.1, 0.15) is 5.56 Å². The molecule has 0 aliphatic heterocycles. The van der Waals surface area contributed by atoms with Crippen LogP contribution >= 0.6 is 0 Å². The minimum absolute atomic E-state index is 0.0249. The summed E-state index contributed by atoms with van der Waals surface area (Å²) in [5, 5.41) is 6.14. The molecule has 0 saturated heterocycles. The van der Waals surface area contributed by atoms with Crippen LogP contribution in [0, 0.1) is 18.2 Å². The number of benzene rings is 2. The second kappa shape index (κ2) is 6.75. The van der Waals surface area contributed by atoms with Crippen molar-refractivity contribution in [3.05, 3.63) is 60.2 Å². The zero-order valence-electron chi connectivity index (χ0n) is 12.6. The number of hydrogen-bond acceptors (Lipinski definition) is 4. The van der Waals surface area contributed by atoms with Gasteiger partial charge in [0.1, 0.15) is 23.5 Å². The van der Waals surface area contributed by atoms with Crippen molar-refractivity contribution in [2.45, 2.75) is 0 Å². The van der Waals surface area contributed by atoms with Crippen LogP contribution in [0.3, 0.4) is 0 Å². The van der Waals surface area contributed by atoms with E-state index < -0.39 is 5.82 Å². The van der Waals surface area contributed by atoms with Gasteiger partial charge in [0.2, 0.25) is 5.91 Å². The van der Waals surface area contributed by atoms with Crippen LogP contribution in [-0.2, 0) is 4.79 Å². The van der Waals surface area contributed by atoms with E-state index >= 15 is 0 Å². The number of nitrogens with zero attached hydrogens (tertiary/aromatic N) is 2. The molecule has 0 aliphatic rings. The number of para-hydroxylation sites is 1. The lowest BCUT2D eigenvalue weighted by Crippen LogP contribution is -2.22. The number of carbonyl (C=O) groups is 1. The van der Waals surface area contributed by atoms with E-state index in [1.807, 2.05) is 0 Å². The summed E-state index contributed by atoms with van der Waals surface area (Å²) in [6, 6.07) is 11.6. The van der Waals surface area contributed by atoms with Gasteiger partial charge >= 0.3 is 0 Å². The van der Waals surface area contributed by atoms with Gasteiger partial charge in [0.25, 0.3) is 0 Å². The van der Waals surface area contributed by atoms with E-state index in [0.29, 0.717) is 22.5 Å². The molecular formula is C18H13FN4O. The van der Waals surface area contributed by atoms with Crippen LogP contribution in [0.4, 0.5) is 15.9 Å². The van der Waals surface area contributed by atoms with E-state index in [9.17, 15) is 9.18 Å². The summed E-state index contributed by atoms with van der Waals surface area (Å²) < 4.78 is 13.7. The molecule has 3 rings (SSSR count). The summed E-state index contributed by atoms with van der Waals surface area (Å²) in [5.41, 5.74) is 1.49. The van der Waals surface area contributed by atoms with Crippen molar-refractivity contribution in [2.24, 2.45) is 0 Å². The molecule has 6 heteroatoms. The summed E-state index contributed by atoms with van der Waals surface area (Å²) in [5.74, 6) is 2.19. The van der Waals surface area contributed by atoms with Gasteiger partial charge in [0.15, 0.2) is 0 Å². The largest absolute Gasteiger partial charge is 0.360 e. The first-order valence-corrected chi connectivity index (χ1v) is 7.17. The second-order valence-electron chi connectivity index (χ2n) is 4.99. The molecule has 118 valence electrons. The van der Waals surface area contributed by atoms with E-state index in [4.69, 9.17) is 6.42 Å². The van der Waals surface area contributed by atoms with E-state index in [1.165, 1.54) is 12.4 Å². The minimum atomic E-state index is -0.437. The highest BCUT2D eigenvalue weighted by Crippen LogP contribution is 2.20. The lowest BCUT2D eigenvalue weighted by molar-refractivity contribution is -0.114. The molecule has 0 radical (unpaired) electrons. The van der Waals surface area contributed by atoms with Gasteiger partial charge in [-0.1, -0.05) is 18.1 Å². The SMILES string of the molecule is C#Cc1cccc(NC(=O)CNc2ncnc3c(F)cccc23)c1. The molecule has 0 unspecified atom stereocenters. The third-order valence-corrected chi connectivity index (χ3v) is 3.34. The van der Waals surface area contributed by atoms with Crippen LogP contribution in [0.25, 0.3) is 10.9 Å². The van der Waals surface area contributed by atoms with Crippen molar-refractivity contribution in [1.82, 2.24) is 9.97 Å². The molecular weight excluding hydrogens is 307 g/mol. The number of amides is 1. The Hall–Kier alpha value is -3.46. The molecule has 1 aromatic heterocycles. The van der Waals surface area contributed by atoms with Crippen molar-refractivity contribution in [3.8, 4) is 12.3 Å². The fourth-order valence-corrected chi connectivity index (χ4v) is 2.25. The van der Waals surface area contributed by atoms with Gasteiger partial charge in [-0.05, 0) is 30.3 Å². The van der Waals surface area contributed by atoms with Gasteiger partial charge in [0.05, 0.1) is 6.54 Å². The number of rotatable bonds is 4. The molecule has 0 atom stereocenters. The Morgan fingerprint density at radius 3 is 2.88 bits per heavy atom. The number of terminal acetylenes is 1. The Morgan fingerprint density at radius 2 is 2.04 bits per heavy atom. The van der Waals surface area contributed by atoms with Crippen LogP contribution < -0.4 is 10.6 Å². The summed E-state index contributed by atoms with van der Waals surface area (Å²) in [6.07, 6.45) is 6.58. The molecule has 0 fully saturated rings. The predicted octanol–water partition coefficient (Wildman–Crippen LogP) is 2.80. The second-order valence-corrected chi connectivity index (χ2v) is 4.99. The third kappa shape index (κ3) is 3.31. The zero-order valence-corrected chi connectivity index (χ0v) is 12.6. The van der Waals surface area contributed by atoms with E-state index in [2.05, 4.69) is 26.5 Å². The first kappa shape index (κ1) is 15.4. The summed E-state index contributed by atoms with van der Waals surface area (Å²) in [7, 11) is 0. The lowest BCUT2D eigenvalue weighted by atomic mass is 10.2. The lowest BCUT2D eigenvalue weighted by Gasteiger charge is -2.09. The summed E-state index contributed by atoms with van der Waals surface area (Å²) in [4.78, 5) is 20.0. The zero-order chi connectivity index (χ0) is 16.9. The number of anilines is 2. The first-order valence-electron chi connectivity index (χ1n) is 7.17. The van der Waals surface area contributed by atoms with Crippen LogP contribution in [0.15, 0.2) is 48.8 Å². The first-order chi connectivity index (χ1) is 11.7. The molecule has 2 aromatic carbocycles. The topological polar surface area (TPSA) is 66.9 Å². The molecule has 3 aromatic rings. The molecule has 2 N–H and O–H groups in total. The van der Waals surface area contributed by atoms with Gasteiger partial charge in [-0.2, -0.15) is 0 Å². The average molecular weight is 320 g/mol. The smallest absolute Gasteiger partial charge is 0.243 e. The number of aromatic nitrogens is 2. The van der Waals surface area contributed by atoms with E-state index in [0.717, 1.165) is 0 Å².